The van der Waals surface area contributed by atoms with Crippen LogP contribution in [0.25, 0.3) is 0 Å². The van der Waals surface area contributed by atoms with Gasteiger partial charge in [-0.3, -0.25) is 4.79 Å². The van der Waals surface area contributed by atoms with E-state index >= 15 is 0 Å². The highest BCUT2D eigenvalue weighted by Gasteiger charge is 2.23. The first kappa shape index (κ1) is 19.9. The molecule has 0 aromatic heterocycles. The van der Waals surface area contributed by atoms with Gasteiger partial charge in [-0.2, -0.15) is 0 Å². The largest absolute Gasteiger partial charge is 0.386 e. The lowest BCUT2D eigenvalue weighted by Gasteiger charge is -2.25. The quantitative estimate of drug-likeness (QED) is 0.719. The monoisotopic (exact) mass is 320 g/mol. The molecule has 3 heteroatoms. The predicted octanol–water partition coefficient (Wildman–Crippen LogP) is 3.96. The van der Waals surface area contributed by atoms with Crippen molar-refractivity contribution in [2.45, 2.75) is 71.5 Å². The first-order chi connectivity index (χ1) is 10.5. The Morgan fingerprint density at radius 1 is 1.17 bits per heavy atom. The van der Waals surface area contributed by atoms with Crippen molar-refractivity contribution in [3.05, 3.63) is 36.0 Å². The maximum Gasteiger partial charge on any atom is 0.158 e. The molecular weight excluding hydrogens is 288 g/mol. The van der Waals surface area contributed by atoms with Crippen molar-refractivity contribution >= 4 is 5.78 Å². The van der Waals surface area contributed by atoms with Crippen LogP contribution < -0.4 is 0 Å². The van der Waals surface area contributed by atoms with Crippen molar-refractivity contribution in [2.75, 3.05) is 0 Å². The van der Waals surface area contributed by atoms with E-state index in [4.69, 9.17) is 0 Å². The molecule has 1 aliphatic rings. The van der Waals surface area contributed by atoms with Crippen molar-refractivity contribution in [1.29, 1.82) is 0 Å². The van der Waals surface area contributed by atoms with Crippen molar-refractivity contribution in [3.63, 3.8) is 0 Å². The van der Waals surface area contributed by atoms with Crippen LogP contribution in [0.1, 0.15) is 60.3 Å². The van der Waals surface area contributed by atoms with Crippen LogP contribution in [0.15, 0.2) is 36.0 Å². The molecule has 0 bridgehead atoms. The molecule has 130 valence electrons. The second-order valence-electron chi connectivity index (χ2n) is 7.76. The zero-order valence-electron chi connectivity index (χ0n) is 15.2. The summed E-state index contributed by atoms with van der Waals surface area (Å²) < 4.78 is 0. The Morgan fingerprint density at radius 2 is 1.83 bits per heavy atom. The van der Waals surface area contributed by atoms with Gasteiger partial charge in [0.2, 0.25) is 0 Å². The molecule has 0 spiro atoms. The van der Waals surface area contributed by atoms with Crippen LogP contribution in [-0.4, -0.2) is 27.2 Å². The summed E-state index contributed by atoms with van der Waals surface area (Å²) in [5.41, 5.74) is -1.06. The molecule has 23 heavy (non-hydrogen) atoms. The van der Waals surface area contributed by atoms with E-state index in [0.717, 1.165) is 12.0 Å². The van der Waals surface area contributed by atoms with Gasteiger partial charge in [-0.15, -0.1) is 0 Å². The molecule has 3 atom stereocenters. The Morgan fingerprint density at radius 3 is 2.43 bits per heavy atom. The Bertz CT molecular complexity index is 493. The molecule has 1 rings (SSSR count). The molecule has 0 saturated carbocycles. The average molecular weight is 320 g/mol. The summed E-state index contributed by atoms with van der Waals surface area (Å²) in [6.07, 6.45) is 11.3. The van der Waals surface area contributed by atoms with Gasteiger partial charge < -0.3 is 10.2 Å². The van der Waals surface area contributed by atoms with Crippen LogP contribution in [0, 0.1) is 11.8 Å². The highest BCUT2D eigenvalue weighted by atomic mass is 16.3. The number of allylic oxidation sites excluding steroid dienone is 4. The molecule has 3 unspecified atom stereocenters. The van der Waals surface area contributed by atoms with Gasteiger partial charge in [0.15, 0.2) is 5.78 Å². The topological polar surface area (TPSA) is 57.5 Å². The summed E-state index contributed by atoms with van der Waals surface area (Å²) in [7, 11) is 0. The molecule has 3 nitrogen and oxygen atoms in total. The minimum Gasteiger partial charge on any atom is -0.386 e. The maximum atomic E-state index is 12.1. The lowest BCUT2D eigenvalue weighted by Crippen LogP contribution is -2.26. The third-order valence-corrected chi connectivity index (χ3v) is 4.40. The van der Waals surface area contributed by atoms with Crippen molar-refractivity contribution in [1.82, 2.24) is 0 Å². The Balaban J connectivity index is 3.08. The fourth-order valence-electron chi connectivity index (χ4n) is 2.82. The summed E-state index contributed by atoms with van der Waals surface area (Å²) in [5.74, 6) is 0.597. The summed E-state index contributed by atoms with van der Waals surface area (Å²) in [4.78, 5) is 12.1. The lowest BCUT2D eigenvalue weighted by atomic mass is 9.84. The zero-order valence-corrected chi connectivity index (χ0v) is 15.2. The number of carbonyl (C=O) groups is 1. The number of rotatable bonds is 1. The van der Waals surface area contributed by atoms with Gasteiger partial charge in [0.1, 0.15) is 0 Å². The van der Waals surface area contributed by atoms with Crippen LogP contribution >= 0.6 is 0 Å². The molecule has 0 amide bonds. The van der Waals surface area contributed by atoms with E-state index < -0.39 is 11.2 Å². The molecule has 0 saturated heterocycles. The van der Waals surface area contributed by atoms with E-state index in [0.29, 0.717) is 18.8 Å². The Hall–Kier alpha value is -1.19. The number of aliphatic hydroxyl groups is 2. The molecule has 0 aromatic rings. The predicted molar refractivity (Wildman–Crippen MR) is 95.1 cm³/mol. The van der Waals surface area contributed by atoms with E-state index in [1.807, 2.05) is 32.1 Å². The molecule has 0 aromatic carbocycles. The third-order valence-electron chi connectivity index (χ3n) is 4.40. The molecule has 1 aliphatic carbocycles. The standard InChI is InChI=1S/C20H32O3/c1-15(2)17-8-11-19(4,22)10-6-7-16(3)13-18(21)14-20(5,23)12-9-17/h6,9-10,12-13,15,17,22-23H,7-8,11,14H2,1-5H3. The van der Waals surface area contributed by atoms with Crippen LogP contribution in [-0.2, 0) is 4.79 Å². The number of ketones is 1. The van der Waals surface area contributed by atoms with Gasteiger partial charge in [0, 0.05) is 6.42 Å². The molecular formula is C20H32O3. The van der Waals surface area contributed by atoms with Crippen molar-refractivity contribution in [2.24, 2.45) is 11.8 Å². The molecule has 0 heterocycles. The smallest absolute Gasteiger partial charge is 0.158 e. The molecule has 2 N–H and O–H groups in total. The summed E-state index contributed by atoms with van der Waals surface area (Å²) in [6.45, 7) is 9.65. The third kappa shape index (κ3) is 7.76. The Labute approximate surface area is 140 Å². The average Bonchev–Trinajstić information content (AvgIpc) is 2.35. The van der Waals surface area contributed by atoms with Crippen molar-refractivity contribution in [3.8, 4) is 0 Å². The Kier molecular flexibility index (Phi) is 6.97. The second-order valence-corrected chi connectivity index (χ2v) is 7.76. The van der Waals surface area contributed by atoms with Gasteiger partial charge in [0.05, 0.1) is 11.2 Å². The first-order valence-corrected chi connectivity index (χ1v) is 8.52. The highest BCUT2D eigenvalue weighted by Crippen LogP contribution is 2.26. The van der Waals surface area contributed by atoms with Crippen LogP contribution in [0.5, 0.6) is 0 Å². The minimum atomic E-state index is -1.14. The zero-order chi connectivity index (χ0) is 17.7. The summed E-state index contributed by atoms with van der Waals surface area (Å²) in [5, 5.41) is 20.9. The van der Waals surface area contributed by atoms with Crippen LogP contribution in [0.2, 0.25) is 0 Å². The lowest BCUT2D eigenvalue weighted by molar-refractivity contribution is -0.117. The highest BCUT2D eigenvalue weighted by molar-refractivity contribution is 5.91. The summed E-state index contributed by atoms with van der Waals surface area (Å²) >= 11 is 0. The molecule has 0 fully saturated rings. The van der Waals surface area contributed by atoms with Gasteiger partial charge in [-0.25, -0.2) is 0 Å². The van der Waals surface area contributed by atoms with Gasteiger partial charge >= 0.3 is 0 Å². The first-order valence-electron chi connectivity index (χ1n) is 8.52. The van der Waals surface area contributed by atoms with Crippen LogP contribution in [0.3, 0.4) is 0 Å². The van der Waals surface area contributed by atoms with E-state index in [9.17, 15) is 15.0 Å². The van der Waals surface area contributed by atoms with Crippen molar-refractivity contribution < 1.29 is 15.0 Å². The van der Waals surface area contributed by atoms with E-state index in [-0.39, 0.29) is 18.1 Å². The van der Waals surface area contributed by atoms with Gasteiger partial charge in [-0.1, -0.05) is 43.7 Å². The van der Waals surface area contributed by atoms with Gasteiger partial charge in [-0.05, 0) is 57.9 Å². The number of carbonyl (C=O) groups excluding carboxylic acids is 1. The second kappa shape index (κ2) is 8.07. The summed E-state index contributed by atoms with van der Waals surface area (Å²) in [6, 6.07) is 0. The fraction of sp³-hybridized carbons (Fsp3) is 0.650. The molecule has 0 radical (unpaired) electrons. The fourth-order valence-corrected chi connectivity index (χ4v) is 2.82. The van der Waals surface area contributed by atoms with E-state index in [1.54, 1.807) is 19.1 Å². The van der Waals surface area contributed by atoms with E-state index in [2.05, 4.69) is 13.8 Å². The maximum absolute atomic E-state index is 12.1. The number of hydrogen-bond donors (Lipinski definition) is 2. The van der Waals surface area contributed by atoms with Gasteiger partial charge in [0.25, 0.3) is 0 Å². The minimum absolute atomic E-state index is 0.0736. The SMILES string of the molecule is CC1=CC(=O)CC(C)(O)C=CC(C(C)C)CCC(C)(O)C=CC1. The van der Waals surface area contributed by atoms with Crippen LogP contribution in [0.4, 0.5) is 0 Å². The normalized spacial score (nSPS) is 34.3. The van der Waals surface area contributed by atoms with E-state index in [1.165, 1.54) is 0 Å². The number of hydrogen-bond acceptors (Lipinski definition) is 3. The molecule has 0 aliphatic heterocycles.